The van der Waals surface area contributed by atoms with Crippen LogP contribution in [0.1, 0.15) is 16.7 Å². The Morgan fingerprint density at radius 3 is 2.50 bits per heavy atom. The Hall–Kier alpha value is -2.54. The predicted octanol–water partition coefficient (Wildman–Crippen LogP) is 2.94. The minimum absolute atomic E-state index is 0.383. The highest BCUT2D eigenvalue weighted by atomic mass is 16.5. The number of nitrogens with zero attached hydrogens (tertiary/aromatic N) is 2. The lowest BCUT2D eigenvalue weighted by atomic mass is 10.1. The molecule has 0 saturated carbocycles. The Balaban J connectivity index is 2.42. The maximum Gasteiger partial charge on any atom is 0.242 e. The standard InChI is InChI=1S/C14H13N3O/c1-9-6-11(8-15)7-10(2)13(9)18-14-12(16)4-3-5-17-14/h3-7H,16H2,1-2H3. The molecule has 0 bridgehead atoms. The van der Waals surface area contributed by atoms with Gasteiger partial charge in [-0.3, -0.25) is 0 Å². The number of aromatic nitrogens is 1. The topological polar surface area (TPSA) is 71.9 Å². The van der Waals surface area contributed by atoms with Gasteiger partial charge in [-0.1, -0.05) is 0 Å². The van der Waals surface area contributed by atoms with Crippen molar-refractivity contribution in [2.75, 3.05) is 5.73 Å². The summed E-state index contributed by atoms with van der Waals surface area (Å²) in [7, 11) is 0. The first-order chi connectivity index (χ1) is 8.61. The highest BCUT2D eigenvalue weighted by molar-refractivity contribution is 5.53. The van der Waals surface area contributed by atoms with E-state index in [1.807, 2.05) is 13.8 Å². The predicted molar refractivity (Wildman–Crippen MR) is 69.4 cm³/mol. The first kappa shape index (κ1) is 11.9. The van der Waals surface area contributed by atoms with Crippen LogP contribution in [0.25, 0.3) is 0 Å². The minimum Gasteiger partial charge on any atom is -0.437 e. The third-order valence-electron chi connectivity index (χ3n) is 2.59. The van der Waals surface area contributed by atoms with Crippen LogP contribution in [0.15, 0.2) is 30.5 Å². The largest absolute Gasteiger partial charge is 0.437 e. The first-order valence-electron chi connectivity index (χ1n) is 5.51. The molecule has 1 aromatic heterocycles. The van der Waals surface area contributed by atoms with Crippen molar-refractivity contribution < 1.29 is 4.74 Å². The molecule has 1 heterocycles. The van der Waals surface area contributed by atoms with Gasteiger partial charge in [0.2, 0.25) is 5.88 Å². The van der Waals surface area contributed by atoms with Crippen molar-refractivity contribution in [2.45, 2.75) is 13.8 Å². The fraction of sp³-hybridized carbons (Fsp3) is 0.143. The molecule has 0 unspecified atom stereocenters. The molecule has 2 aromatic rings. The average Bonchev–Trinajstić information content (AvgIpc) is 2.35. The van der Waals surface area contributed by atoms with Crippen LogP contribution in [0, 0.1) is 25.2 Å². The molecule has 0 saturated heterocycles. The normalized spacial score (nSPS) is 9.83. The van der Waals surface area contributed by atoms with E-state index in [-0.39, 0.29) is 0 Å². The van der Waals surface area contributed by atoms with Crippen LogP contribution in [0.5, 0.6) is 11.6 Å². The molecule has 0 amide bonds. The van der Waals surface area contributed by atoms with Crippen LogP contribution in [-0.2, 0) is 0 Å². The highest BCUT2D eigenvalue weighted by Gasteiger charge is 2.10. The zero-order valence-electron chi connectivity index (χ0n) is 10.3. The molecule has 0 aliphatic heterocycles. The molecular formula is C14H13N3O. The van der Waals surface area contributed by atoms with E-state index in [0.717, 1.165) is 11.1 Å². The molecule has 4 heteroatoms. The molecule has 4 nitrogen and oxygen atoms in total. The van der Waals surface area contributed by atoms with E-state index >= 15 is 0 Å². The average molecular weight is 239 g/mol. The second kappa shape index (κ2) is 4.76. The lowest BCUT2D eigenvalue weighted by molar-refractivity contribution is 0.458. The van der Waals surface area contributed by atoms with Gasteiger partial charge in [0.15, 0.2) is 0 Å². The van der Waals surface area contributed by atoms with Gasteiger partial charge >= 0.3 is 0 Å². The molecular weight excluding hydrogens is 226 g/mol. The number of hydrogen-bond donors (Lipinski definition) is 1. The number of benzene rings is 1. The van der Waals surface area contributed by atoms with Crippen molar-refractivity contribution in [3.63, 3.8) is 0 Å². The Morgan fingerprint density at radius 1 is 1.28 bits per heavy atom. The smallest absolute Gasteiger partial charge is 0.242 e. The van der Waals surface area contributed by atoms with E-state index in [4.69, 9.17) is 15.7 Å². The van der Waals surface area contributed by atoms with Crippen LogP contribution < -0.4 is 10.5 Å². The number of nitrogens with two attached hydrogens (primary N) is 1. The summed E-state index contributed by atoms with van der Waals surface area (Å²) in [6.45, 7) is 3.78. The molecule has 2 N–H and O–H groups in total. The quantitative estimate of drug-likeness (QED) is 0.874. The van der Waals surface area contributed by atoms with Crippen molar-refractivity contribution in [1.82, 2.24) is 4.98 Å². The molecule has 0 spiro atoms. The zero-order valence-corrected chi connectivity index (χ0v) is 10.3. The maximum absolute atomic E-state index is 8.89. The van der Waals surface area contributed by atoms with Crippen LogP contribution in [0.4, 0.5) is 5.69 Å². The Morgan fingerprint density at radius 2 is 1.94 bits per heavy atom. The van der Waals surface area contributed by atoms with Crippen LogP contribution in [0.3, 0.4) is 0 Å². The maximum atomic E-state index is 8.89. The van der Waals surface area contributed by atoms with Gasteiger partial charge < -0.3 is 10.5 Å². The summed E-state index contributed by atoms with van der Waals surface area (Å²) in [5, 5.41) is 8.89. The number of nitriles is 1. The summed E-state index contributed by atoms with van der Waals surface area (Å²) >= 11 is 0. The number of pyridine rings is 1. The van der Waals surface area contributed by atoms with Crippen molar-refractivity contribution in [3.8, 4) is 17.7 Å². The lowest BCUT2D eigenvalue weighted by Crippen LogP contribution is -1.97. The summed E-state index contributed by atoms with van der Waals surface area (Å²) in [4.78, 5) is 4.09. The number of ether oxygens (including phenoxy) is 1. The van der Waals surface area contributed by atoms with E-state index in [0.29, 0.717) is 22.9 Å². The summed E-state index contributed by atoms with van der Waals surface area (Å²) in [5.41, 5.74) is 8.66. The number of hydrogen-bond acceptors (Lipinski definition) is 4. The van der Waals surface area contributed by atoms with E-state index in [1.165, 1.54) is 0 Å². The molecule has 0 fully saturated rings. The minimum atomic E-state index is 0.383. The highest BCUT2D eigenvalue weighted by Crippen LogP contribution is 2.31. The van der Waals surface area contributed by atoms with Crippen LogP contribution >= 0.6 is 0 Å². The van der Waals surface area contributed by atoms with Crippen molar-refractivity contribution in [2.24, 2.45) is 0 Å². The van der Waals surface area contributed by atoms with Gasteiger partial charge in [-0.05, 0) is 49.2 Å². The third-order valence-corrected chi connectivity index (χ3v) is 2.59. The number of nitrogen functional groups attached to an aromatic ring is 1. The van der Waals surface area contributed by atoms with Gasteiger partial charge in [0, 0.05) is 6.20 Å². The van der Waals surface area contributed by atoms with Crippen molar-refractivity contribution in [3.05, 3.63) is 47.2 Å². The fourth-order valence-corrected chi connectivity index (χ4v) is 1.76. The summed E-state index contributed by atoms with van der Waals surface area (Å²) in [6, 6.07) is 9.16. The summed E-state index contributed by atoms with van der Waals surface area (Å²) in [6.07, 6.45) is 1.63. The number of aryl methyl sites for hydroxylation is 2. The van der Waals surface area contributed by atoms with Crippen molar-refractivity contribution in [1.29, 1.82) is 5.26 Å². The number of anilines is 1. The van der Waals surface area contributed by atoms with Gasteiger partial charge in [-0.15, -0.1) is 0 Å². The number of rotatable bonds is 2. The second-order valence-electron chi connectivity index (χ2n) is 4.05. The first-order valence-corrected chi connectivity index (χ1v) is 5.51. The third kappa shape index (κ3) is 2.25. The van der Waals surface area contributed by atoms with Crippen LogP contribution in [-0.4, -0.2) is 4.98 Å². The Labute approximate surface area is 106 Å². The molecule has 0 atom stereocenters. The van der Waals surface area contributed by atoms with E-state index in [2.05, 4.69) is 11.1 Å². The monoisotopic (exact) mass is 239 g/mol. The molecule has 0 aliphatic carbocycles. The van der Waals surface area contributed by atoms with Gasteiger partial charge in [0.05, 0.1) is 17.3 Å². The fourth-order valence-electron chi connectivity index (χ4n) is 1.76. The molecule has 90 valence electrons. The lowest BCUT2D eigenvalue weighted by Gasteiger charge is -2.12. The molecule has 18 heavy (non-hydrogen) atoms. The van der Waals surface area contributed by atoms with Gasteiger partial charge in [0.25, 0.3) is 0 Å². The Bertz CT molecular complexity index is 606. The van der Waals surface area contributed by atoms with E-state index in [1.54, 1.807) is 30.5 Å². The molecule has 1 aromatic carbocycles. The zero-order chi connectivity index (χ0) is 13.1. The summed E-state index contributed by atoms with van der Waals surface area (Å²) < 4.78 is 5.72. The molecule has 0 radical (unpaired) electrons. The van der Waals surface area contributed by atoms with Gasteiger partial charge in [-0.2, -0.15) is 5.26 Å². The second-order valence-corrected chi connectivity index (χ2v) is 4.05. The molecule has 0 aliphatic rings. The van der Waals surface area contributed by atoms with Crippen molar-refractivity contribution >= 4 is 5.69 Å². The summed E-state index contributed by atoms with van der Waals surface area (Å²) in [5.74, 6) is 1.08. The molecule has 2 rings (SSSR count). The SMILES string of the molecule is Cc1cc(C#N)cc(C)c1Oc1ncccc1N. The van der Waals surface area contributed by atoms with E-state index < -0.39 is 0 Å². The van der Waals surface area contributed by atoms with Gasteiger partial charge in [-0.25, -0.2) is 4.98 Å². The van der Waals surface area contributed by atoms with Crippen LogP contribution in [0.2, 0.25) is 0 Å². The van der Waals surface area contributed by atoms with Gasteiger partial charge in [0.1, 0.15) is 5.75 Å². The van der Waals surface area contributed by atoms with E-state index in [9.17, 15) is 0 Å². The Kier molecular flexibility index (Phi) is 3.16.